The van der Waals surface area contributed by atoms with E-state index in [9.17, 15) is 10.4 Å². The summed E-state index contributed by atoms with van der Waals surface area (Å²) >= 11 is 0. The van der Waals surface area contributed by atoms with Crippen molar-refractivity contribution in [3.05, 3.63) is 22.9 Å². The third-order valence-corrected chi connectivity index (χ3v) is 4.70. The van der Waals surface area contributed by atoms with Crippen molar-refractivity contribution in [3.63, 3.8) is 0 Å². The number of hydrogen-bond donors (Lipinski definition) is 2. The zero-order chi connectivity index (χ0) is 17.0. The fraction of sp³-hybridized carbons (Fsp3) is 0.647. The molecular weight excluding hydrogens is 292 g/mol. The number of nitriles is 1. The molecule has 1 aliphatic rings. The summed E-state index contributed by atoms with van der Waals surface area (Å²) in [6, 6.07) is 4.12. The minimum absolute atomic E-state index is 0.126. The highest BCUT2D eigenvalue weighted by molar-refractivity contribution is 5.56. The summed E-state index contributed by atoms with van der Waals surface area (Å²) in [6.45, 7) is 7.08. The van der Waals surface area contributed by atoms with Gasteiger partial charge in [0.15, 0.2) is 0 Å². The number of aryl methyl sites for hydroxylation is 2. The van der Waals surface area contributed by atoms with Gasteiger partial charge in [-0.3, -0.25) is 0 Å². The molecule has 2 N–H and O–H groups in total. The Bertz CT molecular complexity index is 585. The molecule has 1 aromatic rings. The average Bonchev–Trinajstić information content (AvgIpc) is 2.92. The number of likely N-dealkylation sites (N-methyl/N-ethyl adjacent to an activating group) is 1. The molecule has 1 fully saturated rings. The molecule has 1 aromatic heterocycles. The molecule has 0 aromatic carbocycles. The predicted molar refractivity (Wildman–Crippen MR) is 89.3 cm³/mol. The van der Waals surface area contributed by atoms with Crippen LogP contribution in [0.4, 0.5) is 5.82 Å². The molecule has 0 radical (unpaired) electrons. The smallest absolute Gasteiger partial charge is 0.146 e. The number of pyridine rings is 1. The van der Waals surface area contributed by atoms with Crippen molar-refractivity contribution >= 4 is 5.82 Å². The molecule has 126 valence electrons. The van der Waals surface area contributed by atoms with E-state index < -0.39 is 0 Å². The van der Waals surface area contributed by atoms with Crippen molar-refractivity contribution in [1.29, 1.82) is 5.26 Å². The quantitative estimate of drug-likeness (QED) is 0.796. The number of hydrogen-bond acceptors (Lipinski definition) is 6. The lowest BCUT2D eigenvalue weighted by Crippen LogP contribution is -2.33. The fourth-order valence-electron chi connectivity index (χ4n) is 3.20. The van der Waals surface area contributed by atoms with Crippen LogP contribution >= 0.6 is 0 Å². The van der Waals surface area contributed by atoms with E-state index in [1.807, 2.05) is 27.0 Å². The van der Waals surface area contributed by atoms with Crippen molar-refractivity contribution in [1.82, 2.24) is 9.88 Å². The van der Waals surface area contributed by atoms with Crippen LogP contribution in [-0.2, 0) is 0 Å². The van der Waals surface area contributed by atoms with Gasteiger partial charge in [0, 0.05) is 44.4 Å². The van der Waals surface area contributed by atoms with Gasteiger partial charge < -0.3 is 20.0 Å². The Hall–Kier alpha value is -1.68. The van der Waals surface area contributed by atoms with Crippen LogP contribution in [0.2, 0.25) is 0 Å². The first-order valence-corrected chi connectivity index (χ1v) is 8.03. The molecular formula is C17H26N4O2. The summed E-state index contributed by atoms with van der Waals surface area (Å²) in [7, 11) is 1.97. The Morgan fingerprint density at radius 1 is 1.35 bits per heavy atom. The maximum atomic E-state index is 9.69. The monoisotopic (exact) mass is 318 g/mol. The SMILES string of the molecule is Cc1cc(C#N)c(N2C[C@@H](CN(C)CCO)[C@@H](CO)C2)nc1C. The van der Waals surface area contributed by atoms with E-state index in [2.05, 4.69) is 20.9 Å². The van der Waals surface area contributed by atoms with Crippen LogP contribution in [0.15, 0.2) is 6.07 Å². The Labute approximate surface area is 138 Å². The summed E-state index contributed by atoms with van der Waals surface area (Å²) in [4.78, 5) is 8.81. The molecule has 1 saturated heterocycles. The van der Waals surface area contributed by atoms with Crippen LogP contribution in [0.5, 0.6) is 0 Å². The third-order valence-electron chi connectivity index (χ3n) is 4.70. The van der Waals surface area contributed by atoms with Gasteiger partial charge in [0.05, 0.1) is 12.2 Å². The van der Waals surface area contributed by atoms with Gasteiger partial charge in [0.25, 0.3) is 0 Å². The standard InChI is InChI=1S/C17H26N4O2/c1-12-6-14(7-18)17(19-13(12)2)21-9-15(16(10-21)11-23)8-20(3)4-5-22/h6,15-16,22-23H,4-5,8-11H2,1-3H3/t15-,16-/m1/s1. The predicted octanol–water partition coefficient (Wildman–Crippen LogP) is 0.539. The van der Waals surface area contributed by atoms with E-state index in [1.54, 1.807) is 0 Å². The van der Waals surface area contributed by atoms with Gasteiger partial charge in [-0.25, -0.2) is 4.98 Å². The summed E-state index contributed by atoms with van der Waals surface area (Å²) in [5.41, 5.74) is 2.54. The van der Waals surface area contributed by atoms with Crippen LogP contribution in [0.1, 0.15) is 16.8 Å². The highest BCUT2D eigenvalue weighted by Gasteiger charge is 2.34. The zero-order valence-corrected chi connectivity index (χ0v) is 14.2. The molecule has 2 heterocycles. The Morgan fingerprint density at radius 2 is 2.04 bits per heavy atom. The van der Waals surface area contributed by atoms with E-state index in [1.165, 1.54) is 0 Å². The maximum Gasteiger partial charge on any atom is 0.146 e. The minimum Gasteiger partial charge on any atom is -0.396 e. The van der Waals surface area contributed by atoms with Crippen molar-refractivity contribution in [2.24, 2.45) is 11.8 Å². The highest BCUT2D eigenvalue weighted by atomic mass is 16.3. The third kappa shape index (κ3) is 3.99. The first-order chi connectivity index (χ1) is 11.0. The first-order valence-electron chi connectivity index (χ1n) is 8.03. The van der Waals surface area contributed by atoms with Gasteiger partial charge in [-0.2, -0.15) is 5.26 Å². The lowest BCUT2D eigenvalue weighted by molar-refractivity contribution is 0.160. The number of aliphatic hydroxyl groups excluding tert-OH is 2. The first kappa shape index (κ1) is 17.7. The summed E-state index contributed by atoms with van der Waals surface area (Å²) in [5, 5.41) is 28.1. The van der Waals surface area contributed by atoms with Crippen molar-refractivity contribution in [2.45, 2.75) is 13.8 Å². The number of rotatable bonds is 6. The molecule has 0 aliphatic carbocycles. The second-order valence-corrected chi connectivity index (χ2v) is 6.47. The molecule has 0 spiro atoms. The van der Waals surface area contributed by atoms with Gasteiger partial charge in [-0.15, -0.1) is 0 Å². The molecule has 0 saturated carbocycles. The molecule has 6 heteroatoms. The molecule has 23 heavy (non-hydrogen) atoms. The van der Waals surface area contributed by atoms with Gasteiger partial charge in [0.2, 0.25) is 0 Å². The maximum absolute atomic E-state index is 9.69. The number of aromatic nitrogens is 1. The number of anilines is 1. The second kappa shape index (κ2) is 7.73. The van der Waals surface area contributed by atoms with Gasteiger partial charge in [-0.1, -0.05) is 0 Å². The zero-order valence-electron chi connectivity index (χ0n) is 14.2. The van der Waals surface area contributed by atoms with Crippen LogP contribution in [0.25, 0.3) is 0 Å². The molecule has 6 nitrogen and oxygen atoms in total. The normalized spacial score (nSPS) is 21.0. The van der Waals surface area contributed by atoms with Crippen molar-refractivity contribution in [3.8, 4) is 6.07 Å². The van der Waals surface area contributed by atoms with Crippen molar-refractivity contribution < 1.29 is 10.2 Å². The fourth-order valence-corrected chi connectivity index (χ4v) is 3.20. The Balaban J connectivity index is 2.19. The lowest BCUT2D eigenvalue weighted by atomic mass is 9.96. The topological polar surface area (TPSA) is 83.6 Å². The average molecular weight is 318 g/mol. The van der Waals surface area contributed by atoms with Crippen molar-refractivity contribution in [2.75, 3.05) is 51.3 Å². The summed E-state index contributed by atoms with van der Waals surface area (Å²) in [5.74, 6) is 1.18. The lowest BCUT2D eigenvalue weighted by Gasteiger charge is -2.23. The molecule has 0 amide bonds. The second-order valence-electron chi connectivity index (χ2n) is 6.47. The van der Waals surface area contributed by atoms with Crippen LogP contribution < -0.4 is 4.90 Å². The minimum atomic E-state index is 0.126. The summed E-state index contributed by atoms with van der Waals surface area (Å²) in [6.07, 6.45) is 0. The number of aliphatic hydroxyl groups is 2. The van der Waals surface area contributed by atoms with E-state index in [-0.39, 0.29) is 19.1 Å². The Morgan fingerprint density at radius 3 is 2.65 bits per heavy atom. The number of nitrogens with zero attached hydrogens (tertiary/aromatic N) is 4. The van der Waals surface area contributed by atoms with Gasteiger partial charge in [0.1, 0.15) is 11.9 Å². The van der Waals surface area contributed by atoms with Crippen LogP contribution in [-0.4, -0.2) is 66.5 Å². The molecule has 2 atom stereocenters. The van der Waals surface area contributed by atoms with Gasteiger partial charge in [-0.05, 0) is 38.4 Å². The molecule has 0 unspecified atom stereocenters. The van der Waals surface area contributed by atoms with E-state index in [0.29, 0.717) is 24.6 Å². The largest absolute Gasteiger partial charge is 0.396 e. The molecule has 0 bridgehead atoms. The van der Waals surface area contributed by atoms with Gasteiger partial charge >= 0.3 is 0 Å². The molecule has 1 aliphatic heterocycles. The van der Waals surface area contributed by atoms with E-state index in [0.717, 1.165) is 30.2 Å². The highest BCUT2D eigenvalue weighted by Crippen LogP contribution is 2.30. The summed E-state index contributed by atoms with van der Waals surface area (Å²) < 4.78 is 0. The van der Waals surface area contributed by atoms with Crippen LogP contribution in [0.3, 0.4) is 0 Å². The van der Waals surface area contributed by atoms with E-state index in [4.69, 9.17) is 5.11 Å². The Kier molecular flexibility index (Phi) is 5.94. The van der Waals surface area contributed by atoms with Crippen LogP contribution in [0, 0.1) is 37.0 Å². The van der Waals surface area contributed by atoms with E-state index >= 15 is 0 Å². The molecule has 2 rings (SSSR count).